The number of hydrogen-bond acceptors (Lipinski definition) is 4. The molecule has 0 aliphatic rings. The van der Waals surface area contributed by atoms with Crippen LogP contribution in [0.4, 0.5) is 15.9 Å². The van der Waals surface area contributed by atoms with Crippen molar-refractivity contribution in [1.82, 2.24) is 4.98 Å². The molecule has 0 atom stereocenters. The lowest BCUT2D eigenvalue weighted by molar-refractivity contribution is 0.600. The van der Waals surface area contributed by atoms with Crippen LogP contribution in [0.1, 0.15) is 0 Å². The minimum Gasteiger partial charge on any atom is -0.396 e. The maximum Gasteiger partial charge on any atom is 0.264 e. The summed E-state index contributed by atoms with van der Waals surface area (Å²) in [4.78, 5) is 3.35. The molecule has 0 radical (unpaired) electrons. The first-order valence-corrected chi connectivity index (χ1v) is 7.43. The summed E-state index contributed by atoms with van der Waals surface area (Å²) in [5, 5.41) is -0.0408. The third-order valence-electron chi connectivity index (χ3n) is 2.35. The number of nitrogens with zero attached hydrogens (tertiary/aromatic N) is 1. The molecule has 0 unspecified atom stereocenters. The molecule has 0 saturated heterocycles. The molecule has 0 bridgehead atoms. The Morgan fingerprint density at radius 1 is 1.20 bits per heavy atom. The highest BCUT2D eigenvalue weighted by Crippen LogP contribution is 2.33. The first kappa shape index (κ1) is 14.8. The van der Waals surface area contributed by atoms with Gasteiger partial charge in [0.1, 0.15) is 16.5 Å². The van der Waals surface area contributed by atoms with Crippen molar-refractivity contribution in [3.8, 4) is 0 Å². The average molecular weight is 336 g/mol. The highest BCUT2D eigenvalue weighted by Gasteiger charge is 2.21. The topological polar surface area (TPSA) is 85.1 Å². The van der Waals surface area contributed by atoms with Crippen molar-refractivity contribution in [2.45, 2.75) is 4.90 Å². The van der Waals surface area contributed by atoms with Crippen LogP contribution in [0.25, 0.3) is 0 Å². The van der Waals surface area contributed by atoms with Crippen LogP contribution in [0.3, 0.4) is 0 Å². The molecule has 0 saturated carbocycles. The molecule has 0 aliphatic carbocycles. The van der Waals surface area contributed by atoms with Crippen LogP contribution in [0.2, 0.25) is 10.0 Å². The van der Waals surface area contributed by atoms with E-state index in [9.17, 15) is 12.8 Å². The molecule has 0 fully saturated rings. The number of anilines is 2. The molecule has 2 rings (SSSR count). The Morgan fingerprint density at radius 3 is 2.50 bits per heavy atom. The number of nitrogen functional groups attached to an aromatic ring is 1. The Labute approximate surface area is 124 Å². The quantitative estimate of drug-likeness (QED) is 0.844. The number of halogens is 3. The van der Waals surface area contributed by atoms with Gasteiger partial charge in [0.05, 0.1) is 21.9 Å². The number of nitrogens with one attached hydrogen (secondary N) is 1. The number of rotatable bonds is 3. The van der Waals surface area contributed by atoms with E-state index in [2.05, 4.69) is 9.71 Å². The predicted octanol–water partition coefficient (Wildman–Crippen LogP) is 2.91. The van der Waals surface area contributed by atoms with Crippen LogP contribution >= 0.6 is 23.2 Å². The van der Waals surface area contributed by atoms with Crippen LogP contribution in [0.15, 0.2) is 35.4 Å². The van der Waals surface area contributed by atoms with E-state index in [1.165, 1.54) is 18.2 Å². The van der Waals surface area contributed by atoms with Crippen molar-refractivity contribution in [3.05, 3.63) is 46.3 Å². The largest absolute Gasteiger partial charge is 0.396 e. The normalized spacial score (nSPS) is 11.3. The summed E-state index contributed by atoms with van der Waals surface area (Å²) in [6, 6.07) is 4.78. The second-order valence-corrected chi connectivity index (χ2v) is 6.18. The van der Waals surface area contributed by atoms with Gasteiger partial charge in [0, 0.05) is 0 Å². The standard InChI is InChI=1S/C11H8Cl2FN3O2S/c12-7-2-3-8(10(13)11(7)15)20(18,19)17-9-4-1-6(14)5-16-9/h1-5H,15H2,(H,16,17). The SMILES string of the molecule is Nc1c(Cl)ccc(S(=O)(=O)Nc2ccc(F)cn2)c1Cl. The number of sulfonamides is 1. The number of nitrogens with two attached hydrogens (primary N) is 1. The first-order valence-electron chi connectivity index (χ1n) is 5.19. The minimum absolute atomic E-state index is 0.0386. The highest BCUT2D eigenvalue weighted by molar-refractivity contribution is 7.92. The molecule has 0 aliphatic heterocycles. The third-order valence-corrected chi connectivity index (χ3v) is 4.59. The van der Waals surface area contributed by atoms with E-state index < -0.39 is 15.8 Å². The van der Waals surface area contributed by atoms with E-state index in [1.807, 2.05) is 0 Å². The van der Waals surface area contributed by atoms with Gasteiger partial charge in [0.2, 0.25) is 0 Å². The fourth-order valence-electron chi connectivity index (χ4n) is 1.39. The summed E-state index contributed by atoms with van der Waals surface area (Å²) >= 11 is 11.6. The maximum atomic E-state index is 12.7. The second kappa shape index (κ2) is 5.43. The molecular weight excluding hydrogens is 328 g/mol. The summed E-state index contributed by atoms with van der Waals surface area (Å²) < 4.78 is 39.2. The molecule has 0 spiro atoms. The molecule has 5 nitrogen and oxygen atoms in total. The fraction of sp³-hybridized carbons (Fsp3) is 0. The smallest absolute Gasteiger partial charge is 0.264 e. The van der Waals surface area contributed by atoms with Gasteiger partial charge < -0.3 is 5.73 Å². The van der Waals surface area contributed by atoms with Crippen molar-refractivity contribution in [3.63, 3.8) is 0 Å². The summed E-state index contributed by atoms with van der Waals surface area (Å²) in [5.74, 6) is -0.627. The van der Waals surface area contributed by atoms with E-state index >= 15 is 0 Å². The molecule has 20 heavy (non-hydrogen) atoms. The Morgan fingerprint density at radius 2 is 1.90 bits per heavy atom. The zero-order valence-corrected chi connectivity index (χ0v) is 12.1. The van der Waals surface area contributed by atoms with Gasteiger partial charge in [-0.3, -0.25) is 4.72 Å². The number of aromatic nitrogens is 1. The van der Waals surface area contributed by atoms with E-state index in [1.54, 1.807) is 0 Å². The summed E-state index contributed by atoms with van der Waals surface area (Å²) in [6.07, 6.45) is 0.885. The number of pyridine rings is 1. The zero-order valence-electron chi connectivity index (χ0n) is 9.77. The zero-order chi connectivity index (χ0) is 14.9. The van der Waals surface area contributed by atoms with Crippen LogP contribution in [-0.2, 0) is 10.0 Å². The maximum absolute atomic E-state index is 12.7. The lowest BCUT2D eigenvalue weighted by Crippen LogP contribution is -2.15. The van der Waals surface area contributed by atoms with E-state index in [4.69, 9.17) is 28.9 Å². The fourth-order valence-corrected chi connectivity index (χ4v) is 3.16. The molecule has 2 aromatic rings. The lowest BCUT2D eigenvalue weighted by Gasteiger charge is -2.10. The van der Waals surface area contributed by atoms with E-state index in [0.717, 1.165) is 12.3 Å². The third kappa shape index (κ3) is 2.95. The van der Waals surface area contributed by atoms with Crippen molar-refractivity contribution in [2.75, 3.05) is 10.5 Å². The van der Waals surface area contributed by atoms with E-state index in [-0.39, 0.29) is 26.4 Å². The van der Waals surface area contributed by atoms with Gasteiger partial charge in [-0.1, -0.05) is 23.2 Å². The van der Waals surface area contributed by atoms with Crippen LogP contribution in [0, 0.1) is 5.82 Å². The minimum atomic E-state index is -4.00. The molecule has 1 aromatic heterocycles. The Kier molecular flexibility index (Phi) is 4.03. The van der Waals surface area contributed by atoms with Gasteiger partial charge in [0.25, 0.3) is 10.0 Å². The molecule has 1 heterocycles. The summed E-state index contributed by atoms with van der Waals surface area (Å²) in [6.45, 7) is 0. The molecule has 1 aromatic carbocycles. The van der Waals surface area contributed by atoms with Crippen molar-refractivity contribution >= 4 is 44.7 Å². The Hall–Kier alpha value is -1.57. The van der Waals surface area contributed by atoms with Crippen molar-refractivity contribution < 1.29 is 12.8 Å². The van der Waals surface area contributed by atoms with Gasteiger partial charge in [-0.2, -0.15) is 0 Å². The number of benzene rings is 1. The molecule has 106 valence electrons. The highest BCUT2D eigenvalue weighted by atomic mass is 35.5. The van der Waals surface area contributed by atoms with E-state index in [0.29, 0.717) is 0 Å². The van der Waals surface area contributed by atoms with Gasteiger partial charge in [-0.25, -0.2) is 17.8 Å². The second-order valence-electron chi connectivity index (χ2n) is 3.74. The van der Waals surface area contributed by atoms with Crippen LogP contribution in [-0.4, -0.2) is 13.4 Å². The van der Waals surface area contributed by atoms with Gasteiger partial charge in [-0.15, -0.1) is 0 Å². The Bertz CT molecular complexity index is 751. The summed E-state index contributed by atoms with van der Waals surface area (Å²) in [5.41, 5.74) is 5.53. The van der Waals surface area contributed by atoms with Crippen LogP contribution < -0.4 is 10.5 Å². The average Bonchev–Trinajstić information content (AvgIpc) is 2.38. The molecular formula is C11H8Cl2FN3O2S. The monoisotopic (exact) mass is 335 g/mol. The van der Waals surface area contributed by atoms with Gasteiger partial charge in [-0.05, 0) is 24.3 Å². The van der Waals surface area contributed by atoms with Gasteiger partial charge >= 0.3 is 0 Å². The molecule has 3 N–H and O–H groups in total. The lowest BCUT2D eigenvalue weighted by atomic mass is 10.3. The number of hydrogen-bond donors (Lipinski definition) is 2. The van der Waals surface area contributed by atoms with Gasteiger partial charge in [0.15, 0.2) is 0 Å². The summed E-state index contributed by atoms with van der Waals surface area (Å²) in [7, 11) is -4.00. The Balaban J connectivity index is 2.41. The van der Waals surface area contributed by atoms with Crippen molar-refractivity contribution in [1.29, 1.82) is 0 Å². The van der Waals surface area contributed by atoms with Crippen molar-refractivity contribution in [2.24, 2.45) is 0 Å². The molecule has 9 heteroatoms. The first-order chi connectivity index (χ1) is 9.31. The predicted molar refractivity (Wildman–Crippen MR) is 75.9 cm³/mol. The van der Waals surface area contributed by atoms with Crippen LogP contribution in [0.5, 0.6) is 0 Å². The molecule has 0 amide bonds.